The molecule has 4 heteroatoms. The third-order valence-electron chi connectivity index (χ3n) is 9.16. The minimum atomic E-state index is -1.04. The minimum absolute atomic E-state index is 0.123. The van der Waals surface area contributed by atoms with Crippen molar-refractivity contribution in [3.05, 3.63) is 23.8 Å². The van der Waals surface area contributed by atoms with Crippen molar-refractivity contribution < 1.29 is 19.4 Å². The maximum atomic E-state index is 12.2. The van der Waals surface area contributed by atoms with Gasteiger partial charge in [0.1, 0.15) is 0 Å². The van der Waals surface area contributed by atoms with Crippen molar-refractivity contribution in [3.63, 3.8) is 0 Å². The topological polar surface area (TPSA) is 63.6 Å². The van der Waals surface area contributed by atoms with Crippen LogP contribution in [0.2, 0.25) is 0 Å². The summed E-state index contributed by atoms with van der Waals surface area (Å²) in [5.41, 5.74) is 1.99. The average molecular weight is 401 g/mol. The summed E-state index contributed by atoms with van der Waals surface area (Å²) in [6.45, 7) is 6.82. The van der Waals surface area contributed by atoms with Gasteiger partial charge in [-0.3, -0.25) is 9.59 Å². The van der Waals surface area contributed by atoms with Crippen LogP contribution in [-0.4, -0.2) is 23.7 Å². The second-order valence-corrected chi connectivity index (χ2v) is 10.3. The zero-order chi connectivity index (χ0) is 20.8. The number of esters is 1. The minimum Gasteiger partial charge on any atom is -0.481 e. The molecule has 4 aliphatic rings. The molecule has 2 saturated carbocycles. The van der Waals surface area contributed by atoms with Gasteiger partial charge < -0.3 is 9.84 Å². The van der Waals surface area contributed by atoms with Crippen LogP contribution in [-0.2, 0) is 14.3 Å². The second-order valence-electron chi connectivity index (χ2n) is 10.3. The van der Waals surface area contributed by atoms with Gasteiger partial charge in [0.25, 0.3) is 0 Å². The van der Waals surface area contributed by atoms with E-state index in [1.54, 1.807) is 12.5 Å². The summed E-state index contributed by atoms with van der Waals surface area (Å²) in [6, 6.07) is 0. The fraction of sp³-hybridized carbons (Fsp3) is 0.760. The lowest BCUT2D eigenvalue weighted by atomic mass is 9.48. The molecular weight excluding hydrogens is 364 g/mol. The monoisotopic (exact) mass is 400 g/mol. The number of carbonyl (C=O) groups is 2. The fourth-order valence-corrected chi connectivity index (χ4v) is 7.50. The number of aliphatic carboxylic acids is 1. The van der Waals surface area contributed by atoms with E-state index in [2.05, 4.69) is 32.1 Å². The highest BCUT2D eigenvalue weighted by Crippen LogP contribution is 2.65. The summed E-state index contributed by atoms with van der Waals surface area (Å²) in [5, 5.41) is 9.64. The van der Waals surface area contributed by atoms with Gasteiger partial charge in [-0.05, 0) is 98.4 Å². The smallest absolute Gasteiger partial charge is 0.320 e. The molecule has 0 aliphatic heterocycles. The van der Waals surface area contributed by atoms with E-state index in [9.17, 15) is 14.7 Å². The average Bonchev–Trinajstić information content (AvgIpc) is 3.01. The van der Waals surface area contributed by atoms with E-state index < -0.39 is 17.9 Å². The van der Waals surface area contributed by atoms with Gasteiger partial charge in [0.15, 0.2) is 5.92 Å². The number of carbonyl (C=O) groups excluding carboxylic acids is 1. The molecule has 0 aromatic carbocycles. The van der Waals surface area contributed by atoms with E-state index in [1.807, 2.05) is 0 Å². The van der Waals surface area contributed by atoms with E-state index >= 15 is 0 Å². The summed E-state index contributed by atoms with van der Waals surface area (Å²) in [6.07, 6.45) is 16.1. The van der Waals surface area contributed by atoms with Crippen LogP contribution in [0.15, 0.2) is 23.8 Å². The number of allylic oxidation sites excluding steroid dienone is 4. The Bertz CT molecular complexity index is 737. The quantitative estimate of drug-likeness (QED) is 0.497. The van der Waals surface area contributed by atoms with Crippen molar-refractivity contribution in [3.8, 4) is 0 Å². The van der Waals surface area contributed by atoms with Crippen LogP contribution in [0.3, 0.4) is 0 Å². The Morgan fingerprint density at radius 3 is 2.72 bits per heavy atom. The third-order valence-corrected chi connectivity index (χ3v) is 9.16. The molecule has 0 radical (unpaired) electrons. The van der Waals surface area contributed by atoms with E-state index in [0.717, 1.165) is 19.3 Å². The van der Waals surface area contributed by atoms with Gasteiger partial charge >= 0.3 is 11.9 Å². The van der Waals surface area contributed by atoms with Gasteiger partial charge in [-0.2, -0.15) is 0 Å². The van der Waals surface area contributed by atoms with Crippen LogP contribution in [0, 0.1) is 40.4 Å². The molecular formula is C25H36O4. The molecule has 4 nitrogen and oxygen atoms in total. The highest BCUT2D eigenvalue weighted by Gasteiger charge is 2.58. The van der Waals surface area contributed by atoms with Crippen LogP contribution >= 0.6 is 0 Å². The van der Waals surface area contributed by atoms with Crippen LogP contribution in [0.25, 0.3) is 0 Å². The lowest BCUT2D eigenvalue weighted by molar-refractivity contribution is -0.159. The molecule has 4 rings (SSSR count). The number of hydrogen-bond donors (Lipinski definition) is 1. The number of hydrogen-bond acceptors (Lipinski definition) is 3. The van der Waals surface area contributed by atoms with Gasteiger partial charge in [-0.25, -0.2) is 0 Å². The molecule has 0 aromatic rings. The fourth-order valence-electron chi connectivity index (χ4n) is 7.50. The summed E-state index contributed by atoms with van der Waals surface area (Å²) in [5.74, 6) is -0.460. The number of fused-ring (bicyclic) bond motifs is 5. The Hall–Kier alpha value is -1.58. The zero-order valence-corrected chi connectivity index (χ0v) is 18.2. The van der Waals surface area contributed by atoms with Crippen molar-refractivity contribution >= 4 is 11.9 Å². The number of carboxylic acid groups (broad SMARTS) is 1. The predicted molar refractivity (Wildman–Crippen MR) is 112 cm³/mol. The Labute approximate surface area is 174 Å². The lowest BCUT2D eigenvalue weighted by Crippen LogP contribution is -2.48. The maximum Gasteiger partial charge on any atom is 0.320 e. The lowest BCUT2D eigenvalue weighted by Gasteiger charge is -2.56. The van der Waals surface area contributed by atoms with Crippen LogP contribution in [0.1, 0.15) is 72.1 Å². The molecule has 29 heavy (non-hydrogen) atoms. The summed E-state index contributed by atoms with van der Waals surface area (Å²) in [7, 11) is 0. The van der Waals surface area contributed by atoms with Crippen molar-refractivity contribution in [2.24, 2.45) is 40.4 Å². The van der Waals surface area contributed by atoms with Gasteiger partial charge in [-0.15, -0.1) is 0 Å². The maximum absolute atomic E-state index is 12.2. The molecule has 160 valence electrons. The number of carboxylic acids is 1. The molecule has 1 N–H and O–H groups in total. The van der Waals surface area contributed by atoms with Crippen molar-refractivity contribution in [2.45, 2.75) is 72.1 Å². The Morgan fingerprint density at radius 1 is 1.21 bits per heavy atom. The first-order valence-corrected chi connectivity index (χ1v) is 11.6. The van der Waals surface area contributed by atoms with Crippen LogP contribution in [0.4, 0.5) is 0 Å². The first-order valence-electron chi connectivity index (χ1n) is 11.6. The predicted octanol–water partition coefficient (Wildman–Crippen LogP) is 5.39. The normalized spacial score (nSPS) is 41.6. The third kappa shape index (κ3) is 3.27. The van der Waals surface area contributed by atoms with Gasteiger partial charge in [0.2, 0.25) is 0 Å². The molecule has 0 bridgehead atoms. The molecule has 0 aromatic heterocycles. The van der Waals surface area contributed by atoms with Gasteiger partial charge in [0.05, 0.1) is 6.61 Å². The number of ether oxygens (including phenoxy) is 1. The van der Waals surface area contributed by atoms with Crippen molar-refractivity contribution in [1.29, 1.82) is 0 Å². The second kappa shape index (κ2) is 7.59. The van der Waals surface area contributed by atoms with E-state index in [4.69, 9.17) is 4.74 Å². The molecule has 4 aliphatic carbocycles. The number of rotatable bonds is 5. The van der Waals surface area contributed by atoms with E-state index in [0.29, 0.717) is 29.6 Å². The van der Waals surface area contributed by atoms with Crippen molar-refractivity contribution in [1.82, 2.24) is 0 Å². The van der Waals surface area contributed by atoms with Gasteiger partial charge in [-0.1, -0.05) is 32.1 Å². The van der Waals surface area contributed by atoms with Crippen LogP contribution < -0.4 is 0 Å². The molecule has 0 spiro atoms. The molecule has 1 unspecified atom stereocenters. The SMILES string of the molecule is CCOC(=O)C(C[C@H]1CC[C@H]2[C@@H]3C=CC4=CCCC[C@]4(C)[C@H]3CC[C@]12C)C(=O)O. The first-order chi connectivity index (χ1) is 13.8. The standard InChI is InChI=1S/C25H36O4/c1-4-29-23(28)19(22(26)27)15-17-9-11-20-18-10-8-16-7-5-6-13-24(16,2)21(18)12-14-25(17,20)3/h7-8,10,17-21H,4-6,9,11-15H2,1-3H3,(H,26,27)/t17-,18+,19?,20+,21+,24+,25-/m1/s1. The van der Waals surface area contributed by atoms with Crippen molar-refractivity contribution in [2.75, 3.05) is 6.61 Å². The largest absolute Gasteiger partial charge is 0.481 e. The Morgan fingerprint density at radius 2 is 2.00 bits per heavy atom. The first kappa shape index (κ1) is 20.7. The highest BCUT2D eigenvalue weighted by atomic mass is 16.5. The molecule has 0 amide bonds. The Kier molecular flexibility index (Phi) is 5.41. The van der Waals surface area contributed by atoms with E-state index in [-0.39, 0.29) is 17.9 Å². The van der Waals surface area contributed by atoms with E-state index in [1.165, 1.54) is 25.7 Å². The van der Waals surface area contributed by atoms with Crippen LogP contribution in [0.5, 0.6) is 0 Å². The summed E-state index contributed by atoms with van der Waals surface area (Å²) in [4.78, 5) is 24.0. The summed E-state index contributed by atoms with van der Waals surface area (Å²) >= 11 is 0. The molecule has 0 heterocycles. The molecule has 2 fully saturated rings. The molecule has 7 atom stereocenters. The summed E-state index contributed by atoms with van der Waals surface area (Å²) < 4.78 is 5.07. The Balaban J connectivity index is 1.56. The highest BCUT2D eigenvalue weighted by molar-refractivity contribution is 5.93. The van der Waals surface area contributed by atoms with Gasteiger partial charge in [0, 0.05) is 0 Å². The molecule has 0 saturated heterocycles. The zero-order valence-electron chi connectivity index (χ0n) is 18.2.